The van der Waals surface area contributed by atoms with Crippen LogP contribution in [0.25, 0.3) is 10.8 Å². The smallest absolute Gasteiger partial charge is 0.261 e. The van der Waals surface area contributed by atoms with Gasteiger partial charge in [0.1, 0.15) is 0 Å². The van der Waals surface area contributed by atoms with Gasteiger partial charge in [0.25, 0.3) is 11.8 Å². The number of hydrogen-bond acceptors (Lipinski definition) is 3. The van der Waals surface area contributed by atoms with Crippen molar-refractivity contribution in [2.75, 3.05) is 6.54 Å². The summed E-state index contributed by atoms with van der Waals surface area (Å²) in [5.74, 6) is -0.444. The van der Waals surface area contributed by atoms with E-state index >= 15 is 0 Å². The molecule has 0 radical (unpaired) electrons. The van der Waals surface area contributed by atoms with Gasteiger partial charge in [0.2, 0.25) is 0 Å². The molecule has 1 atom stereocenters. The van der Waals surface area contributed by atoms with E-state index in [0.717, 1.165) is 10.8 Å². The fraction of sp³-hybridized carbons (Fsp3) is 0.250. The zero-order valence-corrected chi connectivity index (χ0v) is 11.3. The number of carbonyl (C=O) groups is 2. The van der Waals surface area contributed by atoms with Crippen molar-refractivity contribution in [3.63, 3.8) is 0 Å². The number of imide groups is 1. The summed E-state index contributed by atoms with van der Waals surface area (Å²) < 4.78 is 0. The Kier molecular flexibility index (Phi) is 3.03. The third-order valence-electron chi connectivity index (χ3n) is 3.83. The van der Waals surface area contributed by atoms with Crippen LogP contribution in [0.1, 0.15) is 34.1 Å². The van der Waals surface area contributed by atoms with E-state index in [1.165, 1.54) is 4.90 Å². The number of nitrogens with two attached hydrogens (primary N) is 1. The minimum atomic E-state index is -0.222. The first-order chi connectivity index (χ1) is 9.65. The van der Waals surface area contributed by atoms with E-state index in [9.17, 15) is 9.59 Å². The van der Waals surface area contributed by atoms with Crippen LogP contribution in [0.2, 0.25) is 0 Å². The minimum Gasteiger partial charge on any atom is -0.330 e. The molecule has 1 aliphatic rings. The quantitative estimate of drug-likeness (QED) is 0.868. The summed E-state index contributed by atoms with van der Waals surface area (Å²) in [6.07, 6.45) is 0.607. The normalized spacial score (nSPS) is 15.8. The van der Waals surface area contributed by atoms with Gasteiger partial charge in [-0.15, -0.1) is 0 Å². The molecular formula is C16H16N2O2. The Morgan fingerprint density at radius 2 is 1.60 bits per heavy atom. The fourth-order valence-electron chi connectivity index (χ4n) is 2.82. The first-order valence-corrected chi connectivity index (χ1v) is 6.75. The molecule has 0 saturated carbocycles. The van der Waals surface area contributed by atoms with Crippen LogP contribution in [-0.4, -0.2) is 29.3 Å². The Bertz CT molecular complexity index is 658. The van der Waals surface area contributed by atoms with E-state index in [0.29, 0.717) is 24.1 Å². The van der Waals surface area contributed by atoms with Crippen LogP contribution >= 0.6 is 0 Å². The van der Waals surface area contributed by atoms with Crippen molar-refractivity contribution in [1.29, 1.82) is 0 Å². The number of carbonyl (C=O) groups excluding carboxylic acids is 2. The summed E-state index contributed by atoms with van der Waals surface area (Å²) in [6.45, 7) is 2.31. The molecular weight excluding hydrogens is 252 g/mol. The Hall–Kier alpha value is -2.20. The average molecular weight is 268 g/mol. The lowest BCUT2D eigenvalue weighted by atomic mass is 9.93. The summed E-state index contributed by atoms with van der Waals surface area (Å²) in [7, 11) is 0. The predicted molar refractivity (Wildman–Crippen MR) is 77.6 cm³/mol. The highest BCUT2D eigenvalue weighted by atomic mass is 16.2. The molecule has 0 saturated heterocycles. The summed E-state index contributed by atoms with van der Waals surface area (Å²) >= 11 is 0. The van der Waals surface area contributed by atoms with Gasteiger partial charge in [-0.2, -0.15) is 0 Å². The Balaban J connectivity index is 2.21. The van der Waals surface area contributed by atoms with Gasteiger partial charge in [-0.05, 0) is 37.4 Å². The van der Waals surface area contributed by atoms with Crippen molar-refractivity contribution in [3.8, 4) is 0 Å². The number of benzene rings is 2. The lowest BCUT2D eigenvalue weighted by Crippen LogP contribution is -2.46. The Morgan fingerprint density at radius 3 is 2.10 bits per heavy atom. The molecule has 2 N–H and O–H groups in total. The second kappa shape index (κ2) is 4.72. The van der Waals surface area contributed by atoms with Gasteiger partial charge in [0.05, 0.1) is 0 Å². The highest BCUT2D eigenvalue weighted by Gasteiger charge is 2.35. The van der Waals surface area contributed by atoms with Gasteiger partial charge in [-0.1, -0.05) is 24.3 Å². The van der Waals surface area contributed by atoms with E-state index < -0.39 is 0 Å². The van der Waals surface area contributed by atoms with E-state index in [1.54, 1.807) is 12.1 Å². The Labute approximate surface area is 117 Å². The maximum Gasteiger partial charge on any atom is 0.261 e. The molecule has 20 heavy (non-hydrogen) atoms. The van der Waals surface area contributed by atoms with Crippen molar-refractivity contribution in [2.24, 2.45) is 5.73 Å². The monoisotopic (exact) mass is 268 g/mol. The van der Waals surface area contributed by atoms with Crippen LogP contribution in [0.3, 0.4) is 0 Å². The van der Waals surface area contributed by atoms with Gasteiger partial charge in [0, 0.05) is 22.6 Å². The lowest BCUT2D eigenvalue weighted by Gasteiger charge is -2.31. The lowest BCUT2D eigenvalue weighted by molar-refractivity contribution is 0.0546. The standard InChI is InChI=1S/C16H16N2O2/c1-10(8-9-17)18-15(19)12-6-2-4-11-5-3-7-13(14(11)12)16(18)20/h2-7,10H,8-9,17H2,1H3. The van der Waals surface area contributed by atoms with Crippen molar-refractivity contribution < 1.29 is 9.59 Å². The molecule has 2 aromatic rings. The molecule has 1 aliphatic heterocycles. The zero-order valence-electron chi connectivity index (χ0n) is 11.3. The molecule has 0 fully saturated rings. The maximum absolute atomic E-state index is 12.6. The maximum atomic E-state index is 12.6. The molecule has 1 heterocycles. The molecule has 4 heteroatoms. The number of hydrogen-bond donors (Lipinski definition) is 1. The molecule has 4 nitrogen and oxygen atoms in total. The van der Waals surface area contributed by atoms with E-state index in [-0.39, 0.29) is 17.9 Å². The van der Waals surface area contributed by atoms with Crippen LogP contribution in [0.15, 0.2) is 36.4 Å². The number of amides is 2. The Morgan fingerprint density at radius 1 is 1.05 bits per heavy atom. The highest BCUT2D eigenvalue weighted by molar-refractivity contribution is 6.25. The van der Waals surface area contributed by atoms with Crippen molar-refractivity contribution in [3.05, 3.63) is 47.5 Å². The molecule has 1 unspecified atom stereocenters. The molecule has 0 aliphatic carbocycles. The fourth-order valence-corrected chi connectivity index (χ4v) is 2.82. The summed E-state index contributed by atoms with van der Waals surface area (Å²) in [6, 6.07) is 10.9. The van der Waals surface area contributed by atoms with E-state index in [1.807, 2.05) is 31.2 Å². The summed E-state index contributed by atoms with van der Waals surface area (Å²) in [5.41, 5.74) is 6.75. The minimum absolute atomic E-state index is 0.191. The third kappa shape index (κ3) is 1.72. The highest BCUT2D eigenvalue weighted by Crippen LogP contribution is 2.31. The predicted octanol–water partition coefficient (Wildman–Crippen LogP) is 2.17. The summed E-state index contributed by atoms with van der Waals surface area (Å²) in [4.78, 5) is 26.5. The van der Waals surface area contributed by atoms with E-state index in [4.69, 9.17) is 5.73 Å². The molecule has 2 aromatic carbocycles. The average Bonchev–Trinajstić information content (AvgIpc) is 2.45. The van der Waals surface area contributed by atoms with Gasteiger partial charge in [0.15, 0.2) is 0 Å². The number of rotatable bonds is 3. The number of nitrogens with zero attached hydrogens (tertiary/aromatic N) is 1. The summed E-state index contributed by atoms with van der Waals surface area (Å²) in [5, 5.41) is 1.69. The van der Waals surface area contributed by atoms with Crippen molar-refractivity contribution in [1.82, 2.24) is 4.90 Å². The molecule has 2 amide bonds. The van der Waals surface area contributed by atoms with Crippen LogP contribution < -0.4 is 5.73 Å². The van der Waals surface area contributed by atoms with Crippen molar-refractivity contribution >= 4 is 22.6 Å². The second-order valence-corrected chi connectivity index (χ2v) is 5.12. The van der Waals surface area contributed by atoms with Crippen LogP contribution in [0.5, 0.6) is 0 Å². The molecule has 0 bridgehead atoms. The first-order valence-electron chi connectivity index (χ1n) is 6.75. The van der Waals surface area contributed by atoms with Gasteiger partial charge in [-0.3, -0.25) is 14.5 Å². The zero-order chi connectivity index (χ0) is 14.3. The topological polar surface area (TPSA) is 63.4 Å². The van der Waals surface area contributed by atoms with Gasteiger partial charge < -0.3 is 5.73 Å². The van der Waals surface area contributed by atoms with E-state index in [2.05, 4.69) is 0 Å². The SMILES string of the molecule is CC(CCN)N1C(=O)c2cccc3cccc(c23)C1=O. The molecule has 0 spiro atoms. The molecule has 3 rings (SSSR count). The van der Waals surface area contributed by atoms with Crippen LogP contribution in [-0.2, 0) is 0 Å². The van der Waals surface area contributed by atoms with Gasteiger partial charge in [-0.25, -0.2) is 0 Å². The largest absolute Gasteiger partial charge is 0.330 e. The molecule has 102 valence electrons. The van der Waals surface area contributed by atoms with Gasteiger partial charge >= 0.3 is 0 Å². The third-order valence-corrected chi connectivity index (χ3v) is 3.83. The first kappa shape index (κ1) is 12.8. The van der Waals surface area contributed by atoms with Crippen LogP contribution in [0, 0.1) is 0 Å². The van der Waals surface area contributed by atoms with Crippen molar-refractivity contribution in [2.45, 2.75) is 19.4 Å². The van der Waals surface area contributed by atoms with Crippen LogP contribution in [0.4, 0.5) is 0 Å². The second-order valence-electron chi connectivity index (χ2n) is 5.12. The molecule has 0 aromatic heterocycles.